The normalized spacial score (nSPS) is 9.86. The van der Waals surface area contributed by atoms with Crippen LogP contribution in [-0.4, -0.2) is 17.7 Å². The Labute approximate surface area is 85.1 Å². The van der Waals surface area contributed by atoms with Gasteiger partial charge in [0, 0.05) is 0 Å². The molecular weight excluding hydrogens is 211 g/mol. The zero-order valence-corrected chi connectivity index (χ0v) is 7.92. The highest BCUT2D eigenvalue weighted by atomic mass is 35.5. The Morgan fingerprint density at radius 3 is 2.93 bits per heavy atom. The molecule has 5 heteroatoms. The van der Waals surface area contributed by atoms with Gasteiger partial charge in [0.05, 0.1) is 18.1 Å². The Bertz CT molecular complexity index is 341. The Hall–Kier alpha value is -1.29. The molecule has 0 unspecified atom stereocenters. The van der Waals surface area contributed by atoms with E-state index in [4.69, 9.17) is 21.4 Å². The first-order chi connectivity index (χ1) is 6.61. The highest BCUT2D eigenvalue weighted by Gasteiger charge is 2.07. The summed E-state index contributed by atoms with van der Waals surface area (Å²) in [6.07, 6.45) is -0.175. The monoisotopic (exact) mass is 218 g/mol. The average Bonchev–Trinajstić information content (AvgIpc) is 2.12. The van der Waals surface area contributed by atoms with Gasteiger partial charge < -0.3 is 9.84 Å². The van der Waals surface area contributed by atoms with E-state index in [1.807, 2.05) is 0 Å². The quantitative estimate of drug-likeness (QED) is 0.844. The number of carbonyl (C=O) groups is 1. The van der Waals surface area contributed by atoms with Crippen LogP contribution < -0.4 is 4.74 Å². The summed E-state index contributed by atoms with van der Waals surface area (Å²) in [5.74, 6) is -1.69. The van der Waals surface area contributed by atoms with E-state index in [2.05, 4.69) is 0 Å². The molecule has 0 spiro atoms. The number of hydrogen-bond acceptors (Lipinski definition) is 2. The number of ether oxygens (including phenoxy) is 1. The smallest absolute Gasteiger partial charge is 0.306 e. The van der Waals surface area contributed by atoms with Crippen molar-refractivity contribution in [2.45, 2.75) is 6.42 Å². The van der Waals surface area contributed by atoms with Crippen LogP contribution in [0.1, 0.15) is 6.42 Å². The third-order valence-corrected chi connectivity index (χ3v) is 1.78. The topological polar surface area (TPSA) is 46.5 Å². The van der Waals surface area contributed by atoms with Crippen LogP contribution in [0.25, 0.3) is 0 Å². The molecule has 0 aromatic heterocycles. The van der Waals surface area contributed by atoms with E-state index in [0.29, 0.717) is 0 Å². The van der Waals surface area contributed by atoms with Crippen molar-refractivity contribution in [3.05, 3.63) is 29.0 Å². The van der Waals surface area contributed by atoms with Crippen molar-refractivity contribution < 1.29 is 19.0 Å². The van der Waals surface area contributed by atoms with Gasteiger partial charge in [-0.2, -0.15) is 0 Å². The molecule has 14 heavy (non-hydrogen) atoms. The number of carboxylic acid groups (broad SMARTS) is 1. The van der Waals surface area contributed by atoms with Crippen molar-refractivity contribution in [1.82, 2.24) is 0 Å². The zero-order valence-electron chi connectivity index (χ0n) is 7.17. The van der Waals surface area contributed by atoms with E-state index in [0.717, 1.165) is 0 Å². The second kappa shape index (κ2) is 4.81. The summed E-state index contributed by atoms with van der Waals surface area (Å²) in [5, 5.41) is 8.27. The molecular formula is C9H8ClFO3. The predicted molar refractivity (Wildman–Crippen MR) is 49.2 cm³/mol. The van der Waals surface area contributed by atoms with Gasteiger partial charge in [-0.05, 0) is 12.1 Å². The van der Waals surface area contributed by atoms with Crippen LogP contribution in [0.5, 0.6) is 5.75 Å². The maximum atomic E-state index is 13.1. The second-order valence-corrected chi connectivity index (χ2v) is 2.95. The van der Waals surface area contributed by atoms with Crippen molar-refractivity contribution in [2.75, 3.05) is 6.61 Å². The first kappa shape index (κ1) is 10.8. The van der Waals surface area contributed by atoms with E-state index in [1.54, 1.807) is 0 Å². The Balaban J connectivity index is 2.59. The molecule has 1 aromatic rings. The second-order valence-electron chi connectivity index (χ2n) is 2.54. The lowest BCUT2D eigenvalue weighted by Gasteiger charge is -2.05. The minimum absolute atomic E-state index is 0.0289. The Morgan fingerprint density at radius 1 is 1.57 bits per heavy atom. The number of hydrogen-bond donors (Lipinski definition) is 1. The van der Waals surface area contributed by atoms with Crippen molar-refractivity contribution in [3.63, 3.8) is 0 Å². The highest BCUT2D eigenvalue weighted by molar-refractivity contribution is 6.30. The van der Waals surface area contributed by atoms with E-state index < -0.39 is 11.8 Å². The Morgan fingerprint density at radius 2 is 2.29 bits per heavy atom. The zero-order chi connectivity index (χ0) is 10.6. The number of carboxylic acids is 1. The van der Waals surface area contributed by atoms with Gasteiger partial charge in [-0.25, -0.2) is 4.39 Å². The summed E-state index contributed by atoms with van der Waals surface area (Å²) >= 11 is 5.48. The number of aliphatic carboxylic acids is 1. The average molecular weight is 219 g/mol. The van der Waals surface area contributed by atoms with Gasteiger partial charge in [-0.3, -0.25) is 4.79 Å². The molecule has 0 atom stereocenters. The summed E-state index contributed by atoms with van der Waals surface area (Å²) in [7, 11) is 0. The van der Waals surface area contributed by atoms with Gasteiger partial charge >= 0.3 is 5.97 Å². The van der Waals surface area contributed by atoms with Crippen LogP contribution >= 0.6 is 11.6 Å². The number of benzene rings is 1. The molecule has 0 heterocycles. The predicted octanol–water partition coefficient (Wildman–Crippen LogP) is 2.33. The van der Waals surface area contributed by atoms with Gasteiger partial charge in [0.15, 0.2) is 11.6 Å². The molecule has 1 rings (SSSR count). The lowest BCUT2D eigenvalue weighted by atomic mass is 10.3. The molecule has 3 nitrogen and oxygen atoms in total. The van der Waals surface area contributed by atoms with Crippen LogP contribution in [0.2, 0.25) is 5.02 Å². The van der Waals surface area contributed by atoms with Crippen molar-refractivity contribution in [1.29, 1.82) is 0 Å². The molecule has 1 aromatic carbocycles. The first-order valence-electron chi connectivity index (χ1n) is 3.90. The maximum absolute atomic E-state index is 13.1. The van der Waals surface area contributed by atoms with Crippen LogP contribution in [0.4, 0.5) is 4.39 Å². The van der Waals surface area contributed by atoms with Crippen LogP contribution in [-0.2, 0) is 4.79 Å². The van der Waals surface area contributed by atoms with Gasteiger partial charge in [-0.1, -0.05) is 17.7 Å². The van der Waals surface area contributed by atoms with Crippen LogP contribution in [0, 0.1) is 5.82 Å². The van der Waals surface area contributed by atoms with Gasteiger partial charge in [-0.15, -0.1) is 0 Å². The summed E-state index contributed by atoms with van der Waals surface area (Å²) in [4.78, 5) is 10.1. The molecule has 0 bridgehead atoms. The SMILES string of the molecule is O=C(O)CCOc1cccc(Cl)c1F. The number of halogens is 2. The summed E-state index contributed by atoms with van der Waals surface area (Å²) in [6.45, 7) is -0.0768. The molecule has 0 saturated carbocycles. The standard InChI is InChI=1S/C9H8ClFO3/c10-6-2-1-3-7(9(6)11)14-5-4-8(12)13/h1-3H,4-5H2,(H,12,13). The highest BCUT2D eigenvalue weighted by Crippen LogP contribution is 2.23. The molecule has 0 amide bonds. The van der Waals surface area contributed by atoms with E-state index in [1.165, 1.54) is 18.2 Å². The minimum atomic E-state index is -0.993. The summed E-state index contributed by atoms with van der Waals surface area (Å²) in [5.41, 5.74) is 0. The molecule has 0 fully saturated rings. The fourth-order valence-corrected chi connectivity index (χ4v) is 1.01. The summed E-state index contributed by atoms with van der Waals surface area (Å²) < 4.78 is 18.0. The van der Waals surface area contributed by atoms with E-state index >= 15 is 0 Å². The van der Waals surface area contributed by atoms with Crippen molar-refractivity contribution in [2.24, 2.45) is 0 Å². The summed E-state index contributed by atoms with van der Waals surface area (Å²) in [6, 6.07) is 4.31. The lowest BCUT2D eigenvalue weighted by Crippen LogP contribution is -2.05. The fourth-order valence-electron chi connectivity index (χ4n) is 0.844. The molecule has 0 radical (unpaired) electrons. The molecule has 0 aliphatic carbocycles. The maximum Gasteiger partial charge on any atom is 0.306 e. The van der Waals surface area contributed by atoms with E-state index in [-0.39, 0.29) is 23.8 Å². The molecule has 0 saturated heterocycles. The Kier molecular flexibility index (Phi) is 3.71. The molecule has 0 aliphatic heterocycles. The third kappa shape index (κ3) is 2.88. The van der Waals surface area contributed by atoms with Gasteiger partial charge in [0.2, 0.25) is 0 Å². The van der Waals surface area contributed by atoms with Crippen molar-refractivity contribution in [3.8, 4) is 5.75 Å². The lowest BCUT2D eigenvalue weighted by molar-refractivity contribution is -0.137. The largest absolute Gasteiger partial charge is 0.490 e. The molecule has 0 aliphatic rings. The van der Waals surface area contributed by atoms with Crippen LogP contribution in [0.15, 0.2) is 18.2 Å². The van der Waals surface area contributed by atoms with Crippen molar-refractivity contribution >= 4 is 17.6 Å². The van der Waals surface area contributed by atoms with Gasteiger partial charge in [0.1, 0.15) is 0 Å². The molecule has 1 N–H and O–H groups in total. The fraction of sp³-hybridized carbons (Fsp3) is 0.222. The third-order valence-electron chi connectivity index (χ3n) is 1.49. The molecule has 76 valence electrons. The first-order valence-corrected chi connectivity index (χ1v) is 4.27. The minimum Gasteiger partial charge on any atom is -0.490 e. The van der Waals surface area contributed by atoms with Crippen LogP contribution in [0.3, 0.4) is 0 Å². The van der Waals surface area contributed by atoms with E-state index in [9.17, 15) is 9.18 Å². The van der Waals surface area contributed by atoms with Gasteiger partial charge in [0.25, 0.3) is 0 Å². The number of rotatable bonds is 4.